The summed E-state index contributed by atoms with van der Waals surface area (Å²) in [4.78, 5) is 0. The van der Waals surface area contributed by atoms with Gasteiger partial charge in [0.05, 0.1) is 0 Å². The first kappa shape index (κ1) is 5.60. The van der Waals surface area contributed by atoms with Gasteiger partial charge in [-0.15, -0.1) is 0 Å². The van der Waals surface area contributed by atoms with Crippen LogP contribution in [-0.4, -0.2) is 0 Å². The summed E-state index contributed by atoms with van der Waals surface area (Å²) in [5.74, 6) is 0.942. The van der Waals surface area contributed by atoms with E-state index in [2.05, 4.69) is 32.7 Å². The zero-order valence-electron chi connectivity index (χ0n) is 4.23. The molecule has 0 spiro atoms. The van der Waals surface area contributed by atoms with Crippen molar-refractivity contribution in [2.75, 3.05) is 0 Å². The molecule has 1 saturated carbocycles. The Kier molecular flexibility index (Phi) is 2.16. The van der Waals surface area contributed by atoms with E-state index in [1.54, 1.807) is 0 Å². The minimum atomic E-state index is 0.942. The van der Waals surface area contributed by atoms with Crippen molar-refractivity contribution in [1.82, 2.24) is 0 Å². The van der Waals surface area contributed by atoms with Gasteiger partial charge in [0.25, 0.3) is 0 Å². The lowest BCUT2D eigenvalue weighted by Gasteiger charge is -2.20. The second kappa shape index (κ2) is 2.70. The van der Waals surface area contributed by atoms with Crippen molar-refractivity contribution in [1.29, 1.82) is 0 Å². The van der Waals surface area contributed by atoms with Crippen molar-refractivity contribution in [3.8, 4) is 0 Å². The second-order valence-corrected chi connectivity index (χ2v) is 2.73. The SMILES string of the molecule is I/C=C\C1CCC1. The predicted octanol–water partition coefficient (Wildman–Crippen LogP) is 2.74. The van der Waals surface area contributed by atoms with E-state index in [0.29, 0.717) is 0 Å². The van der Waals surface area contributed by atoms with Crippen molar-refractivity contribution in [3.63, 3.8) is 0 Å². The lowest BCUT2D eigenvalue weighted by molar-refractivity contribution is 0.388. The summed E-state index contributed by atoms with van der Waals surface area (Å²) in [6, 6.07) is 0. The van der Waals surface area contributed by atoms with Crippen LogP contribution in [-0.2, 0) is 0 Å². The highest BCUT2D eigenvalue weighted by Gasteiger charge is 2.12. The first-order chi connectivity index (χ1) is 3.43. The molecular formula is C6H9I. The quantitative estimate of drug-likeness (QED) is 0.581. The van der Waals surface area contributed by atoms with Gasteiger partial charge in [-0.25, -0.2) is 0 Å². The molecular weight excluding hydrogens is 199 g/mol. The van der Waals surface area contributed by atoms with Gasteiger partial charge in [-0.1, -0.05) is 35.1 Å². The highest BCUT2D eigenvalue weighted by Crippen LogP contribution is 2.27. The summed E-state index contributed by atoms with van der Waals surface area (Å²) in [6.07, 6.45) is 6.61. The molecule has 0 aromatic carbocycles. The molecule has 1 aliphatic carbocycles. The van der Waals surface area contributed by atoms with Crippen LogP contribution in [0.1, 0.15) is 19.3 Å². The Morgan fingerprint density at radius 1 is 1.43 bits per heavy atom. The standard InChI is InChI=1S/C6H9I/c7-5-4-6-2-1-3-6/h4-6H,1-3H2/b5-4-. The topological polar surface area (TPSA) is 0 Å². The molecule has 40 valence electrons. The van der Waals surface area contributed by atoms with E-state index >= 15 is 0 Å². The summed E-state index contributed by atoms with van der Waals surface area (Å²) >= 11 is 2.28. The third-order valence-corrected chi connectivity index (χ3v) is 1.91. The van der Waals surface area contributed by atoms with Gasteiger partial charge in [-0.2, -0.15) is 0 Å². The van der Waals surface area contributed by atoms with Gasteiger partial charge in [0.15, 0.2) is 0 Å². The van der Waals surface area contributed by atoms with E-state index in [9.17, 15) is 0 Å². The van der Waals surface area contributed by atoms with Gasteiger partial charge in [0.1, 0.15) is 0 Å². The summed E-state index contributed by atoms with van der Waals surface area (Å²) in [6.45, 7) is 0. The van der Waals surface area contributed by atoms with Crippen LogP contribution in [0.25, 0.3) is 0 Å². The summed E-state index contributed by atoms with van der Waals surface area (Å²) in [5, 5.41) is 0. The van der Waals surface area contributed by atoms with Crippen LogP contribution in [0.3, 0.4) is 0 Å². The molecule has 1 fully saturated rings. The van der Waals surface area contributed by atoms with Crippen LogP contribution in [0.4, 0.5) is 0 Å². The molecule has 0 atom stereocenters. The first-order valence-corrected chi connectivity index (χ1v) is 3.95. The predicted molar refractivity (Wildman–Crippen MR) is 40.5 cm³/mol. The fourth-order valence-electron chi connectivity index (χ4n) is 0.735. The average Bonchev–Trinajstić information content (AvgIpc) is 1.55. The molecule has 0 N–H and O–H groups in total. The molecule has 0 saturated heterocycles. The molecule has 0 bridgehead atoms. The van der Waals surface area contributed by atoms with E-state index in [0.717, 1.165) is 5.92 Å². The van der Waals surface area contributed by atoms with Crippen molar-refractivity contribution in [3.05, 3.63) is 10.2 Å². The number of halogens is 1. The van der Waals surface area contributed by atoms with Gasteiger partial charge in [0.2, 0.25) is 0 Å². The molecule has 0 amide bonds. The smallest absolute Gasteiger partial charge is 0.0226 e. The largest absolute Gasteiger partial charge is 0.0753 e. The normalized spacial score (nSPS) is 23.0. The van der Waals surface area contributed by atoms with Crippen LogP contribution in [0.5, 0.6) is 0 Å². The third-order valence-electron chi connectivity index (χ3n) is 1.49. The summed E-state index contributed by atoms with van der Waals surface area (Å²) < 4.78 is 2.13. The van der Waals surface area contributed by atoms with Gasteiger partial charge in [-0.3, -0.25) is 0 Å². The van der Waals surface area contributed by atoms with E-state index in [4.69, 9.17) is 0 Å². The third kappa shape index (κ3) is 1.44. The Bertz CT molecular complexity index is 72.2. The maximum atomic E-state index is 2.30. The van der Waals surface area contributed by atoms with Gasteiger partial charge < -0.3 is 0 Å². The van der Waals surface area contributed by atoms with E-state index < -0.39 is 0 Å². The lowest BCUT2D eigenvalue weighted by atomic mass is 9.86. The van der Waals surface area contributed by atoms with Crippen molar-refractivity contribution >= 4 is 22.6 Å². The highest BCUT2D eigenvalue weighted by molar-refractivity contribution is 14.1. The zero-order chi connectivity index (χ0) is 5.11. The number of rotatable bonds is 1. The molecule has 1 heteroatoms. The van der Waals surface area contributed by atoms with Gasteiger partial charge >= 0.3 is 0 Å². The molecule has 1 rings (SSSR count). The van der Waals surface area contributed by atoms with E-state index in [1.165, 1.54) is 19.3 Å². The van der Waals surface area contributed by atoms with Gasteiger partial charge in [0, 0.05) is 0 Å². The average molecular weight is 208 g/mol. The summed E-state index contributed by atoms with van der Waals surface area (Å²) in [7, 11) is 0. The van der Waals surface area contributed by atoms with Crippen LogP contribution < -0.4 is 0 Å². The lowest BCUT2D eigenvalue weighted by Crippen LogP contribution is -2.06. The molecule has 0 unspecified atom stereocenters. The molecule has 0 heterocycles. The minimum absolute atomic E-state index is 0.942. The maximum absolute atomic E-state index is 2.30. The minimum Gasteiger partial charge on any atom is -0.0753 e. The van der Waals surface area contributed by atoms with Crippen molar-refractivity contribution in [2.45, 2.75) is 19.3 Å². The Balaban J connectivity index is 2.14. The van der Waals surface area contributed by atoms with Crippen LogP contribution >= 0.6 is 22.6 Å². The Morgan fingerprint density at radius 3 is 2.29 bits per heavy atom. The fourth-order valence-corrected chi connectivity index (χ4v) is 1.32. The molecule has 0 aromatic heterocycles. The Labute approximate surface area is 58.1 Å². The molecule has 0 aliphatic heterocycles. The highest BCUT2D eigenvalue weighted by atomic mass is 127. The molecule has 0 radical (unpaired) electrons. The Morgan fingerprint density at radius 2 is 2.14 bits per heavy atom. The van der Waals surface area contributed by atoms with Gasteiger partial charge in [-0.05, 0) is 22.8 Å². The molecule has 1 aliphatic rings. The monoisotopic (exact) mass is 208 g/mol. The second-order valence-electron chi connectivity index (χ2n) is 2.01. The number of allylic oxidation sites excluding steroid dienone is 1. The molecule has 7 heavy (non-hydrogen) atoms. The Hall–Kier alpha value is 0.470. The molecule has 0 nitrogen and oxygen atoms in total. The maximum Gasteiger partial charge on any atom is -0.0226 e. The van der Waals surface area contributed by atoms with Crippen LogP contribution in [0.2, 0.25) is 0 Å². The van der Waals surface area contributed by atoms with Crippen molar-refractivity contribution in [2.24, 2.45) is 5.92 Å². The van der Waals surface area contributed by atoms with Crippen molar-refractivity contribution < 1.29 is 0 Å². The van der Waals surface area contributed by atoms with E-state index in [-0.39, 0.29) is 0 Å². The number of hydrogen-bond donors (Lipinski definition) is 0. The first-order valence-electron chi connectivity index (χ1n) is 2.70. The summed E-state index contributed by atoms with van der Waals surface area (Å²) in [5.41, 5.74) is 0. The molecule has 0 aromatic rings. The van der Waals surface area contributed by atoms with E-state index in [1.807, 2.05) is 0 Å². The number of hydrogen-bond acceptors (Lipinski definition) is 0. The fraction of sp³-hybridized carbons (Fsp3) is 0.667. The van der Waals surface area contributed by atoms with Crippen LogP contribution in [0.15, 0.2) is 10.2 Å². The zero-order valence-corrected chi connectivity index (χ0v) is 6.39. The van der Waals surface area contributed by atoms with Crippen LogP contribution in [0, 0.1) is 5.92 Å².